The highest BCUT2D eigenvalue weighted by atomic mass is 35.5. The second kappa shape index (κ2) is 9.17. The number of thiophene rings is 1. The standard InChI is InChI=1S/C23H18ClN3O4S2/c1-30-22(29)16-10-13-6-2-3-7-14(13)11-27(16)18(28)12-32-23-26-25-21(31-23)20-19(24)15-8-4-5-9-17(15)33-20/h2-9,16H,10-12H2,1H3/t16-/m1/s1. The van der Waals surface area contributed by atoms with Gasteiger partial charge in [0.1, 0.15) is 10.9 Å². The molecule has 168 valence electrons. The zero-order valence-corrected chi connectivity index (χ0v) is 19.9. The van der Waals surface area contributed by atoms with Crippen LogP contribution in [0.4, 0.5) is 0 Å². The molecule has 2 aromatic carbocycles. The Kier molecular flexibility index (Phi) is 6.09. The lowest BCUT2D eigenvalue weighted by Crippen LogP contribution is -2.49. The molecular formula is C23H18ClN3O4S2. The lowest BCUT2D eigenvalue weighted by molar-refractivity contribution is -0.153. The van der Waals surface area contributed by atoms with Crippen molar-refractivity contribution in [3.8, 4) is 10.8 Å². The van der Waals surface area contributed by atoms with E-state index in [1.165, 1.54) is 18.4 Å². The van der Waals surface area contributed by atoms with E-state index in [1.54, 1.807) is 4.90 Å². The number of esters is 1. The second-order valence-corrected chi connectivity index (χ2v) is 9.79. The molecule has 0 radical (unpaired) electrons. The monoisotopic (exact) mass is 499 g/mol. The van der Waals surface area contributed by atoms with Crippen molar-refractivity contribution in [1.82, 2.24) is 15.1 Å². The summed E-state index contributed by atoms with van der Waals surface area (Å²) >= 11 is 9.11. The molecule has 2 aromatic heterocycles. The van der Waals surface area contributed by atoms with E-state index < -0.39 is 12.0 Å². The molecule has 0 spiro atoms. The van der Waals surface area contributed by atoms with E-state index in [0.717, 1.165) is 33.0 Å². The minimum absolute atomic E-state index is 0.0530. The summed E-state index contributed by atoms with van der Waals surface area (Å²) in [5.41, 5.74) is 2.07. The molecule has 10 heteroatoms. The Balaban J connectivity index is 1.31. The summed E-state index contributed by atoms with van der Waals surface area (Å²) in [4.78, 5) is 27.7. The SMILES string of the molecule is COC(=O)[C@H]1Cc2ccccc2CN1C(=O)CSc1nnc(-c2sc3ccccc3c2Cl)o1. The van der Waals surface area contributed by atoms with E-state index in [0.29, 0.717) is 28.8 Å². The third kappa shape index (κ3) is 4.23. The fraction of sp³-hybridized carbons (Fsp3) is 0.217. The fourth-order valence-corrected chi connectivity index (χ4v) is 5.93. The normalized spacial score (nSPS) is 15.5. The van der Waals surface area contributed by atoms with Gasteiger partial charge in [0.05, 0.1) is 17.9 Å². The van der Waals surface area contributed by atoms with E-state index in [1.807, 2.05) is 48.5 Å². The Morgan fingerprint density at radius 1 is 1.18 bits per heavy atom. The largest absolute Gasteiger partial charge is 0.467 e. The van der Waals surface area contributed by atoms with Crippen molar-refractivity contribution in [3.63, 3.8) is 0 Å². The van der Waals surface area contributed by atoms with Crippen LogP contribution in [-0.4, -0.2) is 45.9 Å². The van der Waals surface area contributed by atoms with Crippen LogP contribution in [0.5, 0.6) is 0 Å². The van der Waals surface area contributed by atoms with Crippen LogP contribution >= 0.6 is 34.7 Å². The number of thioether (sulfide) groups is 1. The summed E-state index contributed by atoms with van der Waals surface area (Å²) in [6, 6.07) is 14.9. The molecule has 3 heterocycles. The predicted molar refractivity (Wildman–Crippen MR) is 127 cm³/mol. The van der Waals surface area contributed by atoms with Gasteiger partial charge in [-0.2, -0.15) is 0 Å². The number of aromatic nitrogens is 2. The Morgan fingerprint density at radius 2 is 1.94 bits per heavy atom. The molecule has 33 heavy (non-hydrogen) atoms. The minimum atomic E-state index is -0.659. The molecule has 1 atom stereocenters. The number of benzene rings is 2. The molecule has 1 aliphatic rings. The molecule has 5 rings (SSSR count). The maximum Gasteiger partial charge on any atom is 0.328 e. The van der Waals surface area contributed by atoms with Crippen LogP contribution in [0.1, 0.15) is 11.1 Å². The van der Waals surface area contributed by atoms with Crippen LogP contribution in [0.3, 0.4) is 0 Å². The first-order valence-corrected chi connectivity index (χ1v) is 12.3. The molecule has 0 unspecified atom stereocenters. The van der Waals surface area contributed by atoms with E-state index in [4.69, 9.17) is 20.8 Å². The van der Waals surface area contributed by atoms with Gasteiger partial charge in [0, 0.05) is 23.1 Å². The van der Waals surface area contributed by atoms with Gasteiger partial charge in [0.25, 0.3) is 11.1 Å². The Labute approximate surface area is 202 Å². The number of carbonyl (C=O) groups excluding carboxylic acids is 2. The number of carbonyl (C=O) groups is 2. The zero-order valence-electron chi connectivity index (χ0n) is 17.5. The van der Waals surface area contributed by atoms with Crippen LogP contribution in [0.15, 0.2) is 58.2 Å². The molecule has 1 amide bonds. The molecule has 0 saturated heterocycles. The summed E-state index contributed by atoms with van der Waals surface area (Å²) in [7, 11) is 1.33. The summed E-state index contributed by atoms with van der Waals surface area (Å²) in [6.45, 7) is 0.349. The van der Waals surface area contributed by atoms with Crippen molar-refractivity contribution < 1.29 is 18.7 Å². The topological polar surface area (TPSA) is 85.5 Å². The molecule has 0 fully saturated rings. The smallest absolute Gasteiger partial charge is 0.328 e. The van der Waals surface area contributed by atoms with E-state index in [-0.39, 0.29) is 16.9 Å². The average Bonchev–Trinajstić information content (AvgIpc) is 3.45. The van der Waals surface area contributed by atoms with Crippen molar-refractivity contribution >= 4 is 56.7 Å². The highest BCUT2D eigenvalue weighted by Crippen LogP contribution is 2.41. The van der Waals surface area contributed by atoms with Gasteiger partial charge < -0.3 is 14.1 Å². The number of methoxy groups -OCH3 is 1. The van der Waals surface area contributed by atoms with Gasteiger partial charge in [0.15, 0.2) is 0 Å². The van der Waals surface area contributed by atoms with Crippen LogP contribution in [0.25, 0.3) is 20.9 Å². The number of fused-ring (bicyclic) bond motifs is 2. The third-order valence-corrected chi connectivity index (χ3v) is 7.96. The van der Waals surface area contributed by atoms with Crippen molar-refractivity contribution in [1.29, 1.82) is 0 Å². The number of amides is 1. The first-order chi connectivity index (χ1) is 16.0. The van der Waals surface area contributed by atoms with Gasteiger partial charge in [-0.3, -0.25) is 4.79 Å². The number of ether oxygens (including phenoxy) is 1. The van der Waals surface area contributed by atoms with E-state index >= 15 is 0 Å². The number of hydrogen-bond donors (Lipinski definition) is 0. The predicted octanol–water partition coefficient (Wildman–Crippen LogP) is 4.82. The van der Waals surface area contributed by atoms with Gasteiger partial charge >= 0.3 is 5.97 Å². The molecular weight excluding hydrogens is 482 g/mol. The number of nitrogens with zero attached hydrogens (tertiary/aromatic N) is 3. The van der Waals surface area contributed by atoms with Crippen LogP contribution in [0, 0.1) is 0 Å². The molecule has 0 bridgehead atoms. The minimum Gasteiger partial charge on any atom is -0.467 e. The van der Waals surface area contributed by atoms with Gasteiger partial charge in [0.2, 0.25) is 5.91 Å². The zero-order chi connectivity index (χ0) is 22.9. The highest BCUT2D eigenvalue weighted by molar-refractivity contribution is 7.99. The summed E-state index contributed by atoms with van der Waals surface area (Å²) in [5, 5.41) is 9.93. The van der Waals surface area contributed by atoms with Gasteiger partial charge in [-0.1, -0.05) is 65.8 Å². The van der Waals surface area contributed by atoms with Crippen LogP contribution < -0.4 is 0 Å². The molecule has 0 saturated carbocycles. The van der Waals surface area contributed by atoms with Crippen molar-refractivity contribution in [3.05, 3.63) is 64.7 Å². The van der Waals surface area contributed by atoms with Crippen LogP contribution in [-0.2, 0) is 27.3 Å². The summed E-state index contributed by atoms with van der Waals surface area (Å²) in [6.07, 6.45) is 0.425. The van der Waals surface area contributed by atoms with E-state index in [9.17, 15) is 9.59 Å². The van der Waals surface area contributed by atoms with Gasteiger partial charge in [-0.25, -0.2) is 4.79 Å². The quantitative estimate of drug-likeness (QED) is 0.287. The molecule has 1 aliphatic heterocycles. The Bertz CT molecular complexity index is 1350. The Morgan fingerprint density at radius 3 is 2.73 bits per heavy atom. The summed E-state index contributed by atoms with van der Waals surface area (Å²) < 4.78 is 11.7. The third-order valence-electron chi connectivity index (χ3n) is 5.50. The number of hydrogen-bond acceptors (Lipinski definition) is 8. The van der Waals surface area contributed by atoms with Crippen molar-refractivity contribution in [2.75, 3.05) is 12.9 Å². The summed E-state index contributed by atoms with van der Waals surface area (Å²) in [5.74, 6) is -0.264. The van der Waals surface area contributed by atoms with E-state index in [2.05, 4.69) is 10.2 Å². The highest BCUT2D eigenvalue weighted by Gasteiger charge is 2.35. The maximum atomic E-state index is 13.0. The molecule has 4 aromatic rings. The van der Waals surface area contributed by atoms with Crippen molar-refractivity contribution in [2.24, 2.45) is 0 Å². The first-order valence-electron chi connectivity index (χ1n) is 10.1. The molecule has 7 nitrogen and oxygen atoms in total. The molecule has 0 aliphatic carbocycles. The average molecular weight is 500 g/mol. The first kappa shape index (κ1) is 21.9. The lowest BCUT2D eigenvalue weighted by Gasteiger charge is -2.35. The maximum absolute atomic E-state index is 13.0. The van der Waals surface area contributed by atoms with Gasteiger partial charge in [-0.15, -0.1) is 21.5 Å². The molecule has 0 N–H and O–H groups in total. The van der Waals surface area contributed by atoms with Crippen molar-refractivity contribution in [2.45, 2.75) is 24.2 Å². The lowest BCUT2D eigenvalue weighted by atomic mass is 9.94. The van der Waals surface area contributed by atoms with Gasteiger partial charge in [-0.05, 0) is 17.2 Å². The second-order valence-electron chi connectivity index (χ2n) is 7.44. The number of rotatable bonds is 5. The Hall–Kier alpha value is -2.88. The number of halogens is 1. The van der Waals surface area contributed by atoms with Crippen LogP contribution in [0.2, 0.25) is 5.02 Å². The fourth-order valence-electron chi connectivity index (χ4n) is 3.85.